The number of benzene rings is 2. The summed E-state index contributed by atoms with van der Waals surface area (Å²) >= 11 is 15.6. The molecule has 0 saturated heterocycles. The first kappa shape index (κ1) is 13.7. The lowest BCUT2D eigenvalue weighted by molar-refractivity contribution is 0.104. The summed E-state index contributed by atoms with van der Waals surface area (Å²) in [7, 11) is 0. The van der Waals surface area contributed by atoms with Crippen LogP contribution >= 0.6 is 39.1 Å². The van der Waals surface area contributed by atoms with Crippen molar-refractivity contribution in [2.75, 3.05) is 0 Å². The van der Waals surface area contributed by atoms with E-state index in [1.54, 1.807) is 30.5 Å². The van der Waals surface area contributed by atoms with Crippen LogP contribution in [0.1, 0.15) is 15.9 Å². The molecule has 0 aliphatic carbocycles. The summed E-state index contributed by atoms with van der Waals surface area (Å²) < 4.78 is 0.830. The summed E-state index contributed by atoms with van der Waals surface area (Å²) in [6, 6.07) is 10.7. The number of aromatic amines is 1. The molecule has 0 amide bonds. The first-order valence-electron chi connectivity index (χ1n) is 5.83. The minimum absolute atomic E-state index is 0.151. The zero-order valence-corrected chi connectivity index (χ0v) is 13.2. The van der Waals surface area contributed by atoms with Crippen LogP contribution in [0.25, 0.3) is 10.9 Å². The SMILES string of the molecule is O=C(c1ccc(Br)cc1Cl)c1c[nH]c2cccc(Cl)c12. The number of hydrogen-bond donors (Lipinski definition) is 1. The zero-order chi connectivity index (χ0) is 14.3. The minimum Gasteiger partial charge on any atom is -0.360 e. The van der Waals surface area contributed by atoms with Crippen molar-refractivity contribution in [3.8, 4) is 0 Å². The number of nitrogens with one attached hydrogen (secondary N) is 1. The van der Waals surface area contributed by atoms with Crippen LogP contribution in [0.2, 0.25) is 10.0 Å². The minimum atomic E-state index is -0.151. The molecular formula is C15H8BrCl2NO. The summed E-state index contributed by atoms with van der Waals surface area (Å²) in [5.74, 6) is -0.151. The lowest BCUT2D eigenvalue weighted by Crippen LogP contribution is -2.01. The van der Waals surface area contributed by atoms with Crippen molar-refractivity contribution in [2.24, 2.45) is 0 Å². The first-order chi connectivity index (χ1) is 9.58. The number of hydrogen-bond acceptors (Lipinski definition) is 1. The second kappa shape index (κ2) is 5.24. The fraction of sp³-hybridized carbons (Fsp3) is 0. The molecule has 1 N–H and O–H groups in total. The number of carbonyl (C=O) groups excluding carboxylic acids is 1. The van der Waals surface area contributed by atoms with Gasteiger partial charge in [0.2, 0.25) is 0 Å². The Morgan fingerprint density at radius 2 is 1.85 bits per heavy atom. The van der Waals surface area contributed by atoms with Gasteiger partial charge in [0.15, 0.2) is 5.78 Å². The standard InChI is InChI=1S/C15H8BrCl2NO/c16-8-4-5-9(12(18)6-8)15(20)10-7-19-13-3-1-2-11(17)14(10)13/h1-7,19H. The molecule has 20 heavy (non-hydrogen) atoms. The molecule has 0 spiro atoms. The molecule has 2 nitrogen and oxygen atoms in total. The number of fused-ring (bicyclic) bond motifs is 1. The third-order valence-electron chi connectivity index (χ3n) is 3.08. The van der Waals surface area contributed by atoms with E-state index in [4.69, 9.17) is 23.2 Å². The van der Waals surface area contributed by atoms with Gasteiger partial charge in [-0.1, -0.05) is 45.2 Å². The van der Waals surface area contributed by atoms with Crippen molar-refractivity contribution in [3.63, 3.8) is 0 Å². The molecule has 3 aromatic rings. The molecule has 0 bridgehead atoms. The molecule has 1 aromatic heterocycles. The average Bonchev–Trinajstić information content (AvgIpc) is 2.83. The van der Waals surface area contributed by atoms with E-state index in [9.17, 15) is 4.79 Å². The van der Waals surface area contributed by atoms with Crippen molar-refractivity contribution in [2.45, 2.75) is 0 Å². The fourth-order valence-electron chi connectivity index (χ4n) is 2.14. The van der Waals surface area contributed by atoms with E-state index < -0.39 is 0 Å². The van der Waals surface area contributed by atoms with Gasteiger partial charge in [-0.15, -0.1) is 0 Å². The Morgan fingerprint density at radius 3 is 2.60 bits per heavy atom. The molecule has 1 heterocycles. The third kappa shape index (κ3) is 2.26. The lowest BCUT2D eigenvalue weighted by Gasteiger charge is -2.04. The summed E-state index contributed by atoms with van der Waals surface area (Å²) in [4.78, 5) is 15.7. The maximum atomic E-state index is 12.6. The molecule has 0 aliphatic heterocycles. The molecule has 0 fully saturated rings. The second-order valence-electron chi connectivity index (χ2n) is 4.32. The maximum Gasteiger partial charge on any atom is 0.196 e. The van der Waals surface area contributed by atoms with Crippen molar-refractivity contribution in [1.82, 2.24) is 4.98 Å². The monoisotopic (exact) mass is 367 g/mol. The van der Waals surface area contributed by atoms with E-state index in [1.165, 1.54) is 0 Å². The van der Waals surface area contributed by atoms with Gasteiger partial charge in [0.25, 0.3) is 0 Å². The lowest BCUT2D eigenvalue weighted by atomic mass is 10.0. The van der Waals surface area contributed by atoms with Crippen LogP contribution in [-0.4, -0.2) is 10.8 Å². The molecule has 0 atom stereocenters. The molecule has 0 saturated carbocycles. The molecule has 2 aromatic carbocycles. The maximum absolute atomic E-state index is 12.6. The molecule has 0 radical (unpaired) electrons. The van der Waals surface area contributed by atoms with Gasteiger partial charge < -0.3 is 4.98 Å². The molecule has 0 aliphatic rings. The Balaban J connectivity index is 2.18. The van der Waals surface area contributed by atoms with Crippen LogP contribution in [0.3, 0.4) is 0 Å². The summed E-state index contributed by atoms with van der Waals surface area (Å²) in [6.45, 7) is 0. The van der Waals surface area contributed by atoms with Crippen molar-refractivity contribution in [1.29, 1.82) is 0 Å². The van der Waals surface area contributed by atoms with Gasteiger partial charge in [-0.3, -0.25) is 4.79 Å². The third-order valence-corrected chi connectivity index (χ3v) is 4.20. The van der Waals surface area contributed by atoms with Gasteiger partial charge in [0.1, 0.15) is 0 Å². The normalized spacial score (nSPS) is 10.9. The first-order valence-corrected chi connectivity index (χ1v) is 7.38. The number of halogens is 3. The predicted octanol–water partition coefficient (Wildman–Crippen LogP) is 5.47. The highest BCUT2D eigenvalue weighted by atomic mass is 79.9. The number of carbonyl (C=O) groups is 1. The Hall–Kier alpha value is -1.29. The van der Waals surface area contributed by atoms with Crippen molar-refractivity contribution >= 4 is 55.8 Å². The number of aromatic nitrogens is 1. The highest BCUT2D eigenvalue weighted by molar-refractivity contribution is 9.10. The van der Waals surface area contributed by atoms with E-state index in [-0.39, 0.29) is 5.78 Å². The molecule has 3 rings (SSSR count). The second-order valence-corrected chi connectivity index (χ2v) is 6.05. The molecular weight excluding hydrogens is 361 g/mol. The van der Waals surface area contributed by atoms with Crippen LogP contribution in [-0.2, 0) is 0 Å². The highest BCUT2D eigenvalue weighted by Crippen LogP contribution is 2.30. The predicted molar refractivity (Wildman–Crippen MR) is 85.9 cm³/mol. The largest absolute Gasteiger partial charge is 0.360 e. The van der Waals surface area contributed by atoms with E-state index in [0.717, 1.165) is 15.4 Å². The van der Waals surface area contributed by atoms with E-state index >= 15 is 0 Å². The van der Waals surface area contributed by atoms with E-state index in [1.807, 2.05) is 12.1 Å². The van der Waals surface area contributed by atoms with Crippen molar-refractivity contribution in [3.05, 3.63) is 68.2 Å². The van der Waals surface area contributed by atoms with Crippen LogP contribution in [0.4, 0.5) is 0 Å². The number of ketones is 1. The quantitative estimate of drug-likeness (QED) is 0.598. The summed E-state index contributed by atoms with van der Waals surface area (Å²) in [6.07, 6.45) is 1.66. The Bertz CT molecular complexity index is 826. The zero-order valence-electron chi connectivity index (χ0n) is 10.1. The van der Waals surface area contributed by atoms with Crippen LogP contribution in [0.5, 0.6) is 0 Å². The molecule has 5 heteroatoms. The average molecular weight is 369 g/mol. The van der Waals surface area contributed by atoms with Crippen LogP contribution in [0, 0.1) is 0 Å². The van der Waals surface area contributed by atoms with Gasteiger partial charge in [-0.05, 0) is 30.3 Å². The molecule has 0 unspecified atom stereocenters. The Kier molecular flexibility index (Phi) is 3.59. The molecule has 100 valence electrons. The van der Waals surface area contributed by atoms with Gasteiger partial charge in [-0.25, -0.2) is 0 Å². The topological polar surface area (TPSA) is 32.9 Å². The van der Waals surface area contributed by atoms with Gasteiger partial charge >= 0.3 is 0 Å². The van der Waals surface area contributed by atoms with Crippen LogP contribution in [0.15, 0.2) is 47.1 Å². The fourth-order valence-corrected chi connectivity index (χ4v) is 3.17. The smallest absolute Gasteiger partial charge is 0.196 e. The van der Waals surface area contributed by atoms with Gasteiger partial charge in [0, 0.05) is 32.7 Å². The summed E-state index contributed by atoms with van der Waals surface area (Å²) in [5.41, 5.74) is 1.81. The Morgan fingerprint density at radius 1 is 1.05 bits per heavy atom. The number of H-pyrrole nitrogens is 1. The Labute approximate surface area is 133 Å². The number of rotatable bonds is 2. The van der Waals surface area contributed by atoms with E-state index in [0.29, 0.717) is 21.2 Å². The van der Waals surface area contributed by atoms with Crippen molar-refractivity contribution < 1.29 is 4.79 Å². The van der Waals surface area contributed by atoms with Gasteiger partial charge in [-0.2, -0.15) is 0 Å². The van der Waals surface area contributed by atoms with Crippen LogP contribution < -0.4 is 0 Å². The van der Waals surface area contributed by atoms with E-state index in [2.05, 4.69) is 20.9 Å². The summed E-state index contributed by atoms with van der Waals surface area (Å²) in [5, 5.41) is 1.67. The van der Waals surface area contributed by atoms with Gasteiger partial charge in [0.05, 0.1) is 10.0 Å². The highest BCUT2D eigenvalue weighted by Gasteiger charge is 2.18.